The molecule has 0 amide bonds. The summed E-state index contributed by atoms with van der Waals surface area (Å²) in [5, 5.41) is 0.382. The summed E-state index contributed by atoms with van der Waals surface area (Å²) in [4.78, 5) is 12.7. The van der Waals surface area contributed by atoms with E-state index in [0.29, 0.717) is 21.9 Å². The SMILES string of the molecule is NC=C(C=NCC1(C(F)(F)F)CC1)c1cc(Cl)cnc1-c1ccn2ccnc2c1. The van der Waals surface area contributed by atoms with Crippen molar-refractivity contribution in [1.29, 1.82) is 0 Å². The second kappa shape index (κ2) is 7.18. The highest BCUT2D eigenvalue weighted by Crippen LogP contribution is 2.57. The van der Waals surface area contributed by atoms with Gasteiger partial charge in [-0.05, 0) is 31.0 Å². The van der Waals surface area contributed by atoms with Gasteiger partial charge in [-0.25, -0.2) is 4.98 Å². The number of hydrogen-bond acceptors (Lipinski definition) is 4. The molecule has 1 saturated carbocycles. The van der Waals surface area contributed by atoms with Crippen LogP contribution in [0.15, 0.2) is 54.2 Å². The van der Waals surface area contributed by atoms with Gasteiger partial charge in [-0.3, -0.25) is 9.98 Å². The molecule has 0 unspecified atom stereocenters. The molecule has 29 heavy (non-hydrogen) atoms. The average molecular weight is 420 g/mol. The van der Waals surface area contributed by atoms with Gasteiger partial charge in [-0.1, -0.05) is 11.6 Å². The van der Waals surface area contributed by atoms with Crippen LogP contribution in [-0.4, -0.2) is 33.3 Å². The molecule has 1 aliphatic rings. The van der Waals surface area contributed by atoms with Crippen molar-refractivity contribution in [2.75, 3.05) is 6.54 Å². The van der Waals surface area contributed by atoms with Gasteiger partial charge >= 0.3 is 6.18 Å². The van der Waals surface area contributed by atoms with Gasteiger partial charge in [0.2, 0.25) is 0 Å². The first kappa shape index (κ1) is 19.4. The summed E-state index contributed by atoms with van der Waals surface area (Å²) in [6, 6.07) is 5.39. The van der Waals surface area contributed by atoms with Gasteiger partial charge in [0.25, 0.3) is 0 Å². The normalized spacial score (nSPS) is 16.6. The molecule has 0 spiro atoms. The van der Waals surface area contributed by atoms with Crippen LogP contribution in [0.1, 0.15) is 18.4 Å². The number of alkyl halides is 3. The third kappa shape index (κ3) is 3.72. The highest BCUT2D eigenvalue weighted by Gasteiger charge is 2.62. The predicted molar refractivity (Wildman–Crippen MR) is 107 cm³/mol. The van der Waals surface area contributed by atoms with Crippen molar-refractivity contribution in [2.45, 2.75) is 19.0 Å². The van der Waals surface area contributed by atoms with E-state index in [0.717, 1.165) is 11.2 Å². The van der Waals surface area contributed by atoms with Crippen LogP contribution in [0.4, 0.5) is 13.2 Å². The van der Waals surface area contributed by atoms with Gasteiger partial charge in [0.05, 0.1) is 22.7 Å². The molecule has 3 aromatic heterocycles. The average Bonchev–Trinajstić information content (AvgIpc) is 3.34. The van der Waals surface area contributed by atoms with Crippen molar-refractivity contribution in [3.63, 3.8) is 0 Å². The largest absolute Gasteiger partial charge is 0.404 e. The number of nitrogens with zero attached hydrogens (tertiary/aromatic N) is 4. The zero-order valence-electron chi connectivity index (χ0n) is 15.2. The minimum Gasteiger partial charge on any atom is -0.404 e. The highest BCUT2D eigenvalue weighted by atomic mass is 35.5. The van der Waals surface area contributed by atoms with E-state index in [-0.39, 0.29) is 19.4 Å². The lowest BCUT2D eigenvalue weighted by molar-refractivity contribution is -0.183. The molecule has 9 heteroatoms. The van der Waals surface area contributed by atoms with Gasteiger partial charge in [-0.2, -0.15) is 13.2 Å². The van der Waals surface area contributed by atoms with Crippen LogP contribution in [0.3, 0.4) is 0 Å². The van der Waals surface area contributed by atoms with Crippen LogP contribution in [0.5, 0.6) is 0 Å². The van der Waals surface area contributed by atoms with Crippen molar-refractivity contribution in [3.8, 4) is 11.3 Å². The molecule has 0 atom stereocenters. The molecule has 3 aromatic rings. The molecule has 1 aliphatic carbocycles. The number of rotatable bonds is 5. The number of hydrogen-bond donors (Lipinski definition) is 1. The Bertz CT molecular complexity index is 1110. The number of aliphatic imine (C=N–C) groups is 1. The van der Waals surface area contributed by atoms with E-state index in [9.17, 15) is 13.2 Å². The molecule has 2 N–H and O–H groups in total. The van der Waals surface area contributed by atoms with Crippen molar-refractivity contribution in [3.05, 3.63) is 59.8 Å². The molecule has 0 aliphatic heterocycles. The Kier molecular flexibility index (Phi) is 4.82. The lowest BCUT2D eigenvalue weighted by atomic mass is 10.0. The standard InChI is InChI=1S/C20H17ClF3N5/c21-15-8-16(14(9-25)10-26-12-19(2-3-19)20(22,23)24)18(28-11-15)13-1-5-29-6-4-27-17(29)7-13/h1,4-11H,2-3,12,25H2. The fourth-order valence-corrected chi connectivity index (χ4v) is 3.31. The van der Waals surface area contributed by atoms with Crippen LogP contribution in [-0.2, 0) is 0 Å². The van der Waals surface area contributed by atoms with E-state index in [1.807, 2.05) is 28.9 Å². The number of imidazole rings is 1. The molecule has 150 valence electrons. The molecule has 1 fully saturated rings. The molecule has 0 aromatic carbocycles. The third-order valence-corrected chi connectivity index (χ3v) is 5.30. The van der Waals surface area contributed by atoms with E-state index in [2.05, 4.69) is 15.0 Å². The quantitative estimate of drug-likeness (QED) is 0.606. The van der Waals surface area contributed by atoms with Crippen molar-refractivity contribution >= 4 is 29.0 Å². The molecule has 0 saturated heterocycles. The topological polar surface area (TPSA) is 68.6 Å². The van der Waals surface area contributed by atoms with Gasteiger partial charge < -0.3 is 10.1 Å². The van der Waals surface area contributed by atoms with Crippen LogP contribution < -0.4 is 5.73 Å². The minimum atomic E-state index is -4.25. The molecular formula is C20H17ClF3N5. The van der Waals surface area contributed by atoms with Gasteiger partial charge in [0.1, 0.15) is 5.65 Å². The maximum absolute atomic E-state index is 13.1. The number of pyridine rings is 2. The summed E-state index contributed by atoms with van der Waals surface area (Å²) in [7, 11) is 0. The zero-order chi connectivity index (χ0) is 20.6. The molecule has 0 radical (unpaired) electrons. The van der Waals surface area contributed by atoms with E-state index < -0.39 is 11.6 Å². The Labute approximate surface area is 169 Å². The first-order chi connectivity index (χ1) is 13.8. The Morgan fingerprint density at radius 2 is 2.07 bits per heavy atom. The highest BCUT2D eigenvalue weighted by molar-refractivity contribution is 6.31. The van der Waals surface area contributed by atoms with Crippen LogP contribution >= 0.6 is 11.6 Å². The second-order valence-corrected chi connectivity index (χ2v) is 7.46. The van der Waals surface area contributed by atoms with Gasteiger partial charge in [-0.15, -0.1) is 0 Å². The van der Waals surface area contributed by atoms with Crippen LogP contribution in [0.25, 0.3) is 22.5 Å². The molecule has 5 nitrogen and oxygen atoms in total. The Morgan fingerprint density at radius 1 is 1.28 bits per heavy atom. The van der Waals surface area contributed by atoms with Crippen LogP contribution in [0, 0.1) is 5.41 Å². The predicted octanol–water partition coefficient (Wildman–Crippen LogP) is 4.76. The van der Waals surface area contributed by atoms with E-state index >= 15 is 0 Å². The summed E-state index contributed by atoms with van der Waals surface area (Å²) in [5.74, 6) is 0. The van der Waals surface area contributed by atoms with Crippen LogP contribution in [0.2, 0.25) is 5.02 Å². The first-order valence-corrected chi connectivity index (χ1v) is 9.28. The number of fused-ring (bicyclic) bond motifs is 1. The summed E-state index contributed by atoms with van der Waals surface area (Å²) >= 11 is 6.12. The van der Waals surface area contributed by atoms with Crippen molar-refractivity contribution < 1.29 is 13.2 Å². The molecule has 4 rings (SSSR count). The fourth-order valence-electron chi connectivity index (χ4n) is 3.15. The fraction of sp³-hybridized carbons (Fsp3) is 0.250. The monoisotopic (exact) mass is 419 g/mol. The lowest BCUT2D eigenvalue weighted by Gasteiger charge is -2.16. The number of allylic oxidation sites excluding steroid dienone is 1. The van der Waals surface area contributed by atoms with E-state index in [4.69, 9.17) is 17.3 Å². The Balaban J connectivity index is 1.67. The molecule has 0 bridgehead atoms. The maximum Gasteiger partial charge on any atom is 0.396 e. The van der Waals surface area contributed by atoms with Gasteiger partial charge in [0, 0.05) is 53.9 Å². The summed E-state index contributed by atoms with van der Waals surface area (Å²) < 4.78 is 41.2. The molecule has 3 heterocycles. The third-order valence-electron chi connectivity index (χ3n) is 5.10. The van der Waals surface area contributed by atoms with E-state index in [1.165, 1.54) is 18.6 Å². The maximum atomic E-state index is 13.1. The van der Waals surface area contributed by atoms with Crippen molar-refractivity contribution in [2.24, 2.45) is 16.1 Å². The number of aromatic nitrogens is 3. The first-order valence-electron chi connectivity index (χ1n) is 8.90. The zero-order valence-corrected chi connectivity index (χ0v) is 16.0. The van der Waals surface area contributed by atoms with E-state index in [1.54, 1.807) is 12.3 Å². The number of halogens is 4. The van der Waals surface area contributed by atoms with Crippen molar-refractivity contribution in [1.82, 2.24) is 14.4 Å². The Morgan fingerprint density at radius 3 is 2.76 bits per heavy atom. The second-order valence-electron chi connectivity index (χ2n) is 7.03. The summed E-state index contributed by atoms with van der Waals surface area (Å²) in [6.07, 6.45) is 5.45. The lowest BCUT2D eigenvalue weighted by Crippen LogP contribution is -2.27. The minimum absolute atomic E-state index is 0.101. The summed E-state index contributed by atoms with van der Waals surface area (Å²) in [5.41, 5.74) is 7.17. The Hall–Kier alpha value is -2.87. The summed E-state index contributed by atoms with van der Waals surface area (Å²) in [6.45, 7) is -0.322. The van der Waals surface area contributed by atoms with Gasteiger partial charge in [0.15, 0.2) is 0 Å². The molecular weight excluding hydrogens is 403 g/mol. The number of nitrogens with two attached hydrogens (primary N) is 1. The smallest absolute Gasteiger partial charge is 0.396 e.